The number of rotatable bonds is 1. The van der Waals surface area contributed by atoms with E-state index in [1.54, 1.807) is 32.4 Å². The van der Waals surface area contributed by atoms with E-state index in [4.69, 9.17) is 4.74 Å². The topological polar surface area (TPSA) is 41.6 Å². The molecular formula is C9H13ClN2O2. The first-order valence-electron chi connectivity index (χ1n) is 3.89. The van der Waals surface area contributed by atoms with Crippen LogP contribution in [0.15, 0.2) is 36.4 Å². The Balaban J connectivity index is 0.00000169. The van der Waals surface area contributed by atoms with Crippen molar-refractivity contribution in [1.29, 1.82) is 0 Å². The van der Waals surface area contributed by atoms with E-state index in [9.17, 15) is 4.79 Å². The number of hydrogen-bond acceptors (Lipinski definition) is 3. The second-order valence-electron chi connectivity index (χ2n) is 2.68. The van der Waals surface area contributed by atoms with Gasteiger partial charge in [0.2, 0.25) is 5.88 Å². The van der Waals surface area contributed by atoms with Gasteiger partial charge in [-0.3, -0.25) is 0 Å². The number of carbonyl (C=O) groups excluding carboxylic acids is 1. The van der Waals surface area contributed by atoms with Gasteiger partial charge in [-0.2, -0.15) is 0 Å². The monoisotopic (exact) mass is 216 g/mol. The van der Waals surface area contributed by atoms with Crippen LogP contribution >= 0.6 is 12.4 Å². The minimum atomic E-state index is -0.401. The van der Waals surface area contributed by atoms with Crippen LogP contribution in [0.1, 0.15) is 0 Å². The van der Waals surface area contributed by atoms with Crippen molar-refractivity contribution in [2.45, 2.75) is 0 Å². The fourth-order valence-corrected chi connectivity index (χ4v) is 0.690. The van der Waals surface area contributed by atoms with Crippen molar-refractivity contribution >= 4 is 18.5 Å². The predicted octanol–water partition coefficient (Wildman–Crippen LogP) is 1.62. The van der Waals surface area contributed by atoms with E-state index in [0.29, 0.717) is 5.88 Å². The summed E-state index contributed by atoms with van der Waals surface area (Å²) in [5.74, 6) is 0.420. The Kier molecular flexibility index (Phi) is 5.48. The van der Waals surface area contributed by atoms with Crippen molar-refractivity contribution in [3.8, 4) is 0 Å². The van der Waals surface area contributed by atoms with Gasteiger partial charge in [-0.05, 0) is 12.2 Å². The highest BCUT2D eigenvalue weighted by molar-refractivity contribution is 5.85. The number of halogens is 1. The third-order valence-corrected chi connectivity index (χ3v) is 1.35. The number of allylic oxidation sites excluding steroid dienone is 4. The Bertz CT molecular complexity index is 283. The molecule has 0 saturated carbocycles. The van der Waals surface area contributed by atoms with Crippen LogP contribution in [-0.2, 0) is 4.74 Å². The fraction of sp³-hybridized carbons (Fsp3) is 0.222. The molecular weight excluding hydrogens is 204 g/mol. The molecule has 0 bridgehead atoms. The Morgan fingerprint density at radius 3 is 2.71 bits per heavy atom. The summed E-state index contributed by atoms with van der Waals surface area (Å²) >= 11 is 0. The molecule has 0 aromatic heterocycles. The second kappa shape index (κ2) is 6.10. The Morgan fingerprint density at radius 2 is 2.07 bits per heavy atom. The van der Waals surface area contributed by atoms with Gasteiger partial charge in [0.15, 0.2) is 0 Å². The zero-order valence-corrected chi connectivity index (χ0v) is 8.88. The van der Waals surface area contributed by atoms with Crippen LogP contribution in [0.2, 0.25) is 0 Å². The summed E-state index contributed by atoms with van der Waals surface area (Å²) in [7, 11) is 3.26. The van der Waals surface area contributed by atoms with E-state index in [-0.39, 0.29) is 12.4 Å². The van der Waals surface area contributed by atoms with Crippen LogP contribution < -0.4 is 5.32 Å². The normalized spacial score (nSPS) is 13.1. The smallest absolute Gasteiger partial charge is 0.393 e. The number of nitrogens with zero attached hydrogens (tertiary/aromatic N) is 1. The highest BCUT2D eigenvalue weighted by Gasteiger charge is 2.07. The molecule has 0 spiro atoms. The summed E-state index contributed by atoms with van der Waals surface area (Å²) < 4.78 is 4.97. The molecule has 1 rings (SSSR count). The second-order valence-corrected chi connectivity index (χ2v) is 2.68. The molecule has 0 atom stereocenters. The maximum absolute atomic E-state index is 11.1. The minimum Gasteiger partial charge on any atom is -0.393 e. The lowest BCUT2D eigenvalue weighted by molar-refractivity contribution is 0.142. The molecule has 0 aromatic carbocycles. The van der Waals surface area contributed by atoms with E-state index >= 15 is 0 Å². The average Bonchev–Trinajstić information content (AvgIpc) is 2.32. The lowest BCUT2D eigenvalue weighted by Gasteiger charge is -2.12. The maximum Gasteiger partial charge on any atom is 0.415 e. The van der Waals surface area contributed by atoms with Crippen molar-refractivity contribution in [2.75, 3.05) is 14.1 Å². The molecule has 1 heterocycles. The van der Waals surface area contributed by atoms with Gasteiger partial charge in [-0.1, -0.05) is 12.2 Å². The van der Waals surface area contributed by atoms with Gasteiger partial charge in [0, 0.05) is 20.3 Å². The lowest BCUT2D eigenvalue weighted by Crippen LogP contribution is -2.25. The molecule has 1 aliphatic rings. The molecule has 0 fully saturated rings. The van der Waals surface area contributed by atoms with Gasteiger partial charge < -0.3 is 15.0 Å². The Hall–Kier alpha value is -1.42. The molecule has 0 unspecified atom stereocenters. The van der Waals surface area contributed by atoms with Crippen LogP contribution in [-0.4, -0.2) is 25.1 Å². The molecule has 1 N–H and O–H groups in total. The van der Waals surface area contributed by atoms with E-state index in [1.165, 1.54) is 4.90 Å². The molecule has 1 amide bonds. The quantitative estimate of drug-likeness (QED) is 0.724. The van der Waals surface area contributed by atoms with Gasteiger partial charge in [0.05, 0.1) is 0 Å². The lowest BCUT2D eigenvalue weighted by atomic mass is 10.5. The number of amides is 1. The molecule has 1 aliphatic heterocycles. The van der Waals surface area contributed by atoms with E-state index in [2.05, 4.69) is 5.32 Å². The van der Waals surface area contributed by atoms with E-state index < -0.39 is 6.09 Å². The molecule has 0 radical (unpaired) electrons. The van der Waals surface area contributed by atoms with E-state index in [0.717, 1.165) is 0 Å². The summed E-state index contributed by atoms with van der Waals surface area (Å²) in [4.78, 5) is 12.5. The van der Waals surface area contributed by atoms with Gasteiger partial charge in [-0.25, -0.2) is 4.79 Å². The molecule has 0 aromatic rings. The van der Waals surface area contributed by atoms with Gasteiger partial charge in [0.1, 0.15) is 0 Å². The summed E-state index contributed by atoms with van der Waals surface area (Å²) in [6.45, 7) is 0. The van der Waals surface area contributed by atoms with Crippen molar-refractivity contribution < 1.29 is 9.53 Å². The van der Waals surface area contributed by atoms with Crippen LogP contribution in [0, 0.1) is 0 Å². The number of carbonyl (C=O) groups is 1. The van der Waals surface area contributed by atoms with Gasteiger partial charge in [0.25, 0.3) is 0 Å². The predicted molar refractivity (Wildman–Crippen MR) is 56.9 cm³/mol. The van der Waals surface area contributed by atoms with Crippen molar-refractivity contribution in [1.82, 2.24) is 10.2 Å². The molecule has 4 nitrogen and oxygen atoms in total. The average molecular weight is 217 g/mol. The zero-order chi connectivity index (χ0) is 9.68. The molecule has 14 heavy (non-hydrogen) atoms. The number of hydrogen-bond donors (Lipinski definition) is 1. The summed E-state index contributed by atoms with van der Waals surface area (Å²) in [6, 6.07) is 0. The van der Waals surface area contributed by atoms with Crippen LogP contribution in [0.25, 0.3) is 0 Å². The SMILES string of the molecule is CN(C)C(=O)OC1=CC=CC=CN1.Cl. The highest BCUT2D eigenvalue weighted by atomic mass is 35.5. The largest absolute Gasteiger partial charge is 0.415 e. The highest BCUT2D eigenvalue weighted by Crippen LogP contribution is 1.99. The van der Waals surface area contributed by atoms with Crippen molar-refractivity contribution in [3.05, 3.63) is 36.4 Å². The molecule has 78 valence electrons. The third-order valence-electron chi connectivity index (χ3n) is 1.35. The first-order chi connectivity index (χ1) is 6.20. The maximum atomic E-state index is 11.1. The zero-order valence-electron chi connectivity index (χ0n) is 8.06. The van der Waals surface area contributed by atoms with Gasteiger partial charge >= 0.3 is 6.09 Å². The Morgan fingerprint density at radius 1 is 1.36 bits per heavy atom. The van der Waals surface area contributed by atoms with Gasteiger partial charge in [-0.15, -0.1) is 12.4 Å². The Labute approximate surface area is 89.3 Å². The van der Waals surface area contributed by atoms with E-state index in [1.807, 2.05) is 12.2 Å². The first kappa shape index (κ1) is 12.6. The molecule has 0 aliphatic carbocycles. The summed E-state index contributed by atoms with van der Waals surface area (Å²) in [5.41, 5.74) is 0. The van der Waals surface area contributed by atoms with Crippen LogP contribution in [0.4, 0.5) is 4.79 Å². The third kappa shape index (κ3) is 4.00. The van der Waals surface area contributed by atoms with Crippen LogP contribution in [0.5, 0.6) is 0 Å². The fourth-order valence-electron chi connectivity index (χ4n) is 0.690. The number of nitrogens with one attached hydrogen (secondary N) is 1. The standard InChI is InChI=1S/C9H12N2O2.ClH/c1-11(2)9(12)13-8-6-4-3-5-7-10-8;/h3-7,10H,1-2H3;1H. The summed E-state index contributed by atoms with van der Waals surface area (Å²) in [5, 5.41) is 2.82. The van der Waals surface area contributed by atoms with Crippen LogP contribution in [0.3, 0.4) is 0 Å². The molecule has 5 heteroatoms. The summed E-state index contributed by atoms with van der Waals surface area (Å²) in [6.07, 6.45) is 8.41. The minimum absolute atomic E-state index is 0. The first-order valence-corrected chi connectivity index (χ1v) is 3.89. The van der Waals surface area contributed by atoms with Crippen molar-refractivity contribution in [2.24, 2.45) is 0 Å². The van der Waals surface area contributed by atoms with Crippen molar-refractivity contribution in [3.63, 3.8) is 0 Å². The number of ether oxygens (including phenoxy) is 1. The molecule has 0 saturated heterocycles.